The van der Waals surface area contributed by atoms with E-state index in [0.717, 1.165) is 25.7 Å². The monoisotopic (exact) mass is 549 g/mol. The molecular formula is C42H31N. The highest BCUT2D eigenvalue weighted by molar-refractivity contribution is 6.25. The number of fused-ring (bicyclic) bond motifs is 4. The van der Waals surface area contributed by atoms with E-state index in [-0.39, 0.29) is 0 Å². The van der Waals surface area contributed by atoms with E-state index < -0.39 is 0 Å². The molecule has 1 heteroatoms. The third-order valence-corrected chi connectivity index (χ3v) is 9.50. The van der Waals surface area contributed by atoms with Crippen molar-refractivity contribution in [3.63, 3.8) is 0 Å². The Morgan fingerprint density at radius 2 is 1.28 bits per heavy atom. The van der Waals surface area contributed by atoms with E-state index in [1.165, 1.54) is 83.9 Å². The van der Waals surface area contributed by atoms with E-state index in [2.05, 4.69) is 144 Å². The summed E-state index contributed by atoms with van der Waals surface area (Å²) in [5, 5.41) is 0. The van der Waals surface area contributed by atoms with Crippen molar-refractivity contribution in [1.82, 2.24) is 0 Å². The first-order valence-electron chi connectivity index (χ1n) is 15.5. The molecule has 1 nitrogen and oxygen atoms in total. The van der Waals surface area contributed by atoms with Crippen LogP contribution in [0.5, 0.6) is 0 Å². The Morgan fingerprint density at radius 1 is 0.512 bits per heavy atom. The van der Waals surface area contributed by atoms with Crippen LogP contribution in [-0.4, -0.2) is 0 Å². The Morgan fingerprint density at radius 3 is 2.16 bits per heavy atom. The normalized spacial score (nSPS) is 15.6. The lowest BCUT2D eigenvalue weighted by molar-refractivity contribution is 0.918. The van der Waals surface area contributed by atoms with E-state index in [0.29, 0.717) is 0 Å². The SMILES string of the molecule is C1=CCCC(N(c2ccccc2)c2cccc(-c3ccc4c(c3)-c3c5cccc3-c3ccccc3C3=C5CCC=C34)c2)=C1. The molecule has 0 aromatic heterocycles. The molecule has 0 unspecified atom stereocenters. The largest absolute Gasteiger partial charge is 0.314 e. The number of allylic oxidation sites excluding steroid dienone is 8. The van der Waals surface area contributed by atoms with Crippen LogP contribution in [0.2, 0.25) is 0 Å². The number of nitrogens with zero attached hydrogens (tertiary/aromatic N) is 1. The second-order valence-electron chi connectivity index (χ2n) is 11.9. The van der Waals surface area contributed by atoms with Crippen LogP contribution in [0.3, 0.4) is 0 Å². The Bertz CT molecular complexity index is 2070. The Hall–Kier alpha value is -5.14. The van der Waals surface area contributed by atoms with Crippen molar-refractivity contribution in [3.05, 3.63) is 162 Å². The number of hydrogen-bond acceptors (Lipinski definition) is 1. The van der Waals surface area contributed by atoms with Gasteiger partial charge in [0.05, 0.1) is 0 Å². The number of benzene rings is 5. The molecule has 0 fully saturated rings. The van der Waals surface area contributed by atoms with Crippen LogP contribution < -0.4 is 4.90 Å². The molecular weight excluding hydrogens is 518 g/mol. The van der Waals surface area contributed by atoms with Crippen LogP contribution in [0.4, 0.5) is 11.4 Å². The van der Waals surface area contributed by atoms with Crippen molar-refractivity contribution < 1.29 is 0 Å². The fourth-order valence-corrected chi connectivity index (χ4v) is 7.65. The maximum Gasteiger partial charge on any atom is 0.0464 e. The van der Waals surface area contributed by atoms with Gasteiger partial charge in [-0.1, -0.05) is 103 Å². The van der Waals surface area contributed by atoms with Crippen LogP contribution in [0, 0.1) is 0 Å². The molecule has 0 N–H and O–H groups in total. The van der Waals surface area contributed by atoms with Gasteiger partial charge >= 0.3 is 0 Å². The summed E-state index contributed by atoms with van der Waals surface area (Å²) in [5.41, 5.74) is 20.1. The molecule has 0 radical (unpaired) electrons. The molecule has 9 rings (SSSR count). The molecule has 0 saturated carbocycles. The summed E-state index contributed by atoms with van der Waals surface area (Å²) in [6, 6.07) is 43.0. The van der Waals surface area contributed by atoms with Crippen molar-refractivity contribution >= 4 is 28.1 Å². The number of hydrogen-bond donors (Lipinski definition) is 0. The summed E-state index contributed by atoms with van der Waals surface area (Å²) in [6.07, 6.45) is 13.5. The first-order chi connectivity index (χ1) is 21.3. The summed E-state index contributed by atoms with van der Waals surface area (Å²) < 4.78 is 0. The lowest BCUT2D eigenvalue weighted by Crippen LogP contribution is -2.17. The number of anilines is 2. The third kappa shape index (κ3) is 3.78. The highest BCUT2D eigenvalue weighted by Gasteiger charge is 2.33. The lowest BCUT2D eigenvalue weighted by Gasteiger charge is -2.29. The fourth-order valence-electron chi connectivity index (χ4n) is 7.65. The fraction of sp³-hybridized carbons (Fsp3) is 0.0952. The van der Waals surface area contributed by atoms with Crippen LogP contribution in [0.25, 0.3) is 50.1 Å². The molecule has 4 aliphatic rings. The van der Waals surface area contributed by atoms with Gasteiger partial charge in [0.25, 0.3) is 0 Å². The smallest absolute Gasteiger partial charge is 0.0464 e. The lowest BCUT2D eigenvalue weighted by atomic mass is 9.79. The summed E-state index contributed by atoms with van der Waals surface area (Å²) in [5.74, 6) is 0. The minimum atomic E-state index is 1.03. The number of rotatable bonds is 4. The molecule has 5 aromatic rings. The van der Waals surface area contributed by atoms with Crippen LogP contribution in [0.1, 0.15) is 42.4 Å². The minimum absolute atomic E-state index is 1.03. The molecule has 0 atom stereocenters. The standard InChI is InChI=1S/C42H31N/c1-3-13-30(14-4-1)43(31-15-5-2-6-16-31)32-17-9-12-28(26-32)29-24-25-34-37-21-11-22-38-39-23-10-20-36(42(39)40(34)27-29)33-18-7-8-19-35(33)41(37)38/h1-5,7-10,12-15,17-21,23-27H,6,11,16,22H2. The zero-order valence-electron chi connectivity index (χ0n) is 24.1. The van der Waals surface area contributed by atoms with E-state index >= 15 is 0 Å². The average Bonchev–Trinajstić information content (AvgIpc) is 3.18. The number of para-hydroxylation sites is 1. The van der Waals surface area contributed by atoms with E-state index in [1.807, 2.05) is 0 Å². The van der Waals surface area contributed by atoms with Gasteiger partial charge in [-0.05, 0) is 129 Å². The van der Waals surface area contributed by atoms with E-state index in [1.54, 1.807) is 0 Å². The topological polar surface area (TPSA) is 3.24 Å². The predicted octanol–water partition coefficient (Wildman–Crippen LogP) is 11.5. The van der Waals surface area contributed by atoms with Gasteiger partial charge in [0.1, 0.15) is 0 Å². The van der Waals surface area contributed by atoms with Crippen molar-refractivity contribution in [3.8, 4) is 33.4 Å². The van der Waals surface area contributed by atoms with E-state index in [4.69, 9.17) is 0 Å². The quantitative estimate of drug-likeness (QED) is 0.215. The van der Waals surface area contributed by atoms with Crippen molar-refractivity contribution in [2.45, 2.75) is 25.7 Å². The average molecular weight is 550 g/mol. The summed E-state index contributed by atoms with van der Waals surface area (Å²) in [4.78, 5) is 2.42. The predicted molar refractivity (Wildman–Crippen MR) is 182 cm³/mol. The molecule has 0 spiro atoms. The van der Waals surface area contributed by atoms with E-state index in [9.17, 15) is 0 Å². The highest BCUT2D eigenvalue weighted by atomic mass is 15.1. The minimum Gasteiger partial charge on any atom is -0.314 e. The van der Waals surface area contributed by atoms with Crippen molar-refractivity contribution in [2.75, 3.05) is 4.90 Å². The van der Waals surface area contributed by atoms with Gasteiger partial charge < -0.3 is 4.90 Å². The van der Waals surface area contributed by atoms with Gasteiger partial charge in [-0.25, -0.2) is 0 Å². The third-order valence-electron chi connectivity index (χ3n) is 9.50. The molecule has 0 heterocycles. The molecule has 5 aromatic carbocycles. The zero-order valence-corrected chi connectivity index (χ0v) is 24.1. The highest BCUT2D eigenvalue weighted by Crippen LogP contribution is 2.57. The Kier molecular flexibility index (Phi) is 5.52. The Balaban J connectivity index is 1.23. The zero-order chi connectivity index (χ0) is 28.3. The first-order valence-corrected chi connectivity index (χ1v) is 15.5. The first kappa shape index (κ1) is 24.5. The summed E-state index contributed by atoms with van der Waals surface area (Å²) >= 11 is 0. The van der Waals surface area contributed by atoms with Gasteiger partial charge in [0.2, 0.25) is 0 Å². The van der Waals surface area contributed by atoms with Gasteiger partial charge in [-0.2, -0.15) is 0 Å². The summed E-state index contributed by atoms with van der Waals surface area (Å²) in [7, 11) is 0. The Labute approximate surface area is 253 Å². The molecule has 204 valence electrons. The van der Waals surface area contributed by atoms with Crippen molar-refractivity contribution in [1.29, 1.82) is 0 Å². The van der Waals surface area contributed by atoms with Gasteiger partial charge in [0.15, 0.2) is 0 Å². The van der Waals surface area contributed by atoms with Crippen LogP contribution in [-0.2, 0) is 0 Å². The van der Waals surface area contributed by atoms with Gasteiger partial charge in [-0.3, -0.25) is 0 Å². The van der Waals surface area contributed by atoms with Gasteiger partial charge in [0, 0.05) is 17.1 Å². The molecule has 0 aliphatic heterocycles. The molecule has 0 saturated heterocycles. The maximum absolute atomic E-state index is 2.48. The second kappa shape index (κ2) is 9.71. The van der Waals surface area contributed by atoms with Crippen molar-refractivity contribution in [2.24, 2.45) is 0 Å². The van der Waals surface area contributed by atoms with Crippen LogP contribution >= 0.6 is 0 Å². The maximum atomic E-state index is 2.48. The summed E-state index contributed by atoms with van der Waals surface area (Å²) in [6.45, 7) is 0. The molecule has 6 bridgehead atoms. The van der Waals surface area contributed by atoms with Crippen LogP contribution in [0.15, 0.2) is 145 Å². The van der Waals surface area contributed by atoms with Gasteiger partial charge in [-0.15, -0.1) is 0 Å². The molecule has 43 heavy (non-hydrogen) atoms. The molecule has 0 amide bonds. The second-order valence-corrected chi connectivity index (χ2v) is 11.9. The molecule has 4 aliphatic carbocycles.